The van der Waals surface area contributed by atoms with Gasteiger partial charge in [-0.1, -0.05) is 19.9 Å². The first kappa shape index (κ1) is 19.9. The summed E-state index contributed by atoms with van der Waals surface area (Å²) in [6.07, 6.45) is 2.32. The molecule has 1 heterocycles. The predicted molar refractivity (Wildman–Crippen MR) is 98.6 cm³/mol. The number of carbonyl (C=O) groups excluding carboxylic acids is 3. The van der Waals surface area contributed by atoms with Crippen molar-refractivity contribution in [3.63, 3.8) is 0 Å². The number of rotatable bonds is 5. The molecule has 0 spiro atoms. The molecule has 1 unspecified atom stereocenters. The molecule has 2 atom stereocenters. The number of nitrogens with zero attached hydrogens (tertiary/aromatic N) is 1. The molecule has 7 nitrogen and oxygen atoms in total. The van der Waals surface area contributed by atoms with Crippen LogP contribution in [0, 0.1) is 5.92 Å². The Morgan fingerprint density at radius 3 is 2.65 bits per heavy atom. The van der Waals surface area contributed by atoms with E-state index in [1.807, 2.05) is 13.8 Å². The highest BCUT2D eigenvalue weighted by Crippen LogP contribution is 2.22. The Kier molecular flexibility index (Phi) is 6.74. The van der Waals surface area contributed by atoms with Gasteiger partial charge in [-0.3, -0.25) is 9.59 Å². The molecule has 1 aromatic carbocycles. The van der Waals surface area contributed by atoms with E-state index in [4.69, 9.17) is 10.5 Å². The van der Waals surface area contributed by atoms with E-state index in [0.717, 1.165) is 12.8 Å². The number of anilines is 1. The van der Waals surface area contributed by atoms with Crippen molar-refractivity contribution in [3.8, 4) is 0 Å². The number of nitrogens with two attached hydrogens (primary N) is 1. The molecule has 1 aromatic rings. The molecule has 1 fully saturated rings. The van der Waals surface area contributed by atoms with E-state index >= 15 is 0 Å². The van der Waals surface area contributed by atoms with Crippen LogP contribution in [-0.4, -0.2) is 48.4 Å². The lowest BCUT2D eigenvalue weighted by Gasteiger charge is -2.33. The molecule has 142 valence electrons. The fourth-order valence-corrected chi connectivity index (χ4v) is 2.98. The van der Waals surface area contributed by atoms with Crippen LogP contribution < -0.4 is 11.1 Å². The molecular formula is C19H27N3O4. The number of hydrogen-bond acceptors (Lipinski definition) is 5. The van der Waals surface area contributed by atoms with E-state index in [9.17, 15) is 14.4 Å². The fourth-order valence-electron chi connectivity index (χ4n) is 2.98. The molecule has 0 aliphatic carbocycles. The Morgan fingerprint density at radius 1 is 1.27 bits per heavy atom. The zero-order chi connectivity index (χ0) is 19.3. The average molecular weight is 361 g/mol. The summed E-state index contributed by atoms with van der Waals surface area (Å²) in [7, 11) is 1.33. The van der Waals surface area contributed by atoms with Crippen molar-refractivity contribution in [3.05, 3.63) is 29.8 Å². The zero-order valence-electron chi connectivity index (χ0n) is 15.5. The first-order valence-electron chi connectivity index (χ1n) is 8.90. The van der Waals surface area contributed by atoms with E-state index in [-0.39, 0.29) is 17.7 Å². The van der Waals surface area contributed by atoms with Crippen molar-refractivity contribution >= 4 is 23.5 Å². The lowest BCUT2D eigenvalue weighted by molar-refractivity contribution is -0.147. The molecule has 1 saturated heterocycles. The maximum atomic E-state index is 12.9. The lowest BCUT2D eigenvalue weighted by atomic mass is 10.0. The minimum Gasteiger partial charge on any atom is -0.467 e. The summed E-state index contributed by atoms with van der Waals surface area (Å²) >= 11 is 0. The van der Waals surface area contributed by atoms with Crippen molar-refractivity contribution in [1.29, 1.82) is 0 Å². The van der Waals surface area contributed by atoms with Gasteiger partial charge in [0.1, 0.15) is 6.04 Å². The van der Waals surface area contributed by atoms with Crippen LogP contribution in [-0.2, 0) is 14.3 Å². The van der Waals surface area contributed by atoms with E-state index in [2.05, 4.69) is 5.32 Å². The van der Waals surface area contributed by atoms with Gasteiger partial charge in [0.05, 0.1) is 13.2 Å². The van der Waals surface area contributed by atoms with Crippen molar-refractivity contribution < 1.29 is 19.1 Å². The molecule has 7 heteroatoms. The van der Waals surface area contributed by atoms with Gasteiger partial charge in [-0.15, -0.1) is 0 Å². The van der Waals surface area contributed by atoms with Gasteiger partial charge in [0.2, 0.25) is 5.91 Å². The highest BCUT2D eigenvalue weighted by atomic mass is 16.5. The van der Waals surface area contributed by atoms with Gasteiger partial charge in [-0.25, -0.2) is 4.79 Å². The summed E-state index contributed by atoms with van der Waals surface area (Å²) in [5.74, 6) is -0.932. The molecular weight excluding hydrogens is 334 g/mol. The minimum atomic E-state index is -0.625. The number of carbonyl (C=O) groups is 3. The van der Waals surface area contributed by atoms with Crippen molar-refractivity contribution in [2.24, 2.45) is 11.7 Å². The number of piperidine rings is 1. The van der Waals surface area contributed by atoms with Gasteiger partial charge in [-0.2, -0.15) is 0 Å². The molecule has 0 aromatic heterocycles. The Morgan fingerprint density at radius 2 is 2.00 bits per heavy atom. The van der Waals surface area contributed by atoms with Crippen LogP contribution >= 0.6 is 0 Å². The van der Waals surface area contributed by atoms with E-state index in [1.54, 1.807) is 29.2 Å². The van der Waals surface area contributed by atoms with Crippen molar-refractivity contribution in [1.82, 2.24) is 4.90 Å². The fraction of sp³-hybridized carbons (Fsp3) is 0.526. The maximum Gasteiger partial charge on any atom is 0.328 e. The third-order valence-corrected chi connectivity index (χ3v) is 4.63. The molecule has 2 rings (SSSR count). The van der Waals surface area contributed by atoms with Crippen molar-refractivity contribution in [2.75, 3.05) is 19.0 Å². The van der Waals surface area contributed by atoms with Crippen LogP contribution in [0.1, 0.15) is 43.5 Å². The third-order valence-electron chi connectivity index (χ3n) is 4.63. The molecule has 0 radical (unpaired) electrons. The summed E-state index contributed by atoms with van der Waals surface area (Å²) in [5, 5.41) is 2.74. The maximum absolute atomic E-state index is 12.9. The summed E-state index contributed by atoms with van der Waals surface area (Å²) in [6.45, 7) is 4.24. The second kappa shape index (κ2) is 8.80. The highest BCUT2D eigenvalue weighted by molar-refractivity contribution is 6.00. The molecule has 0 bridgehead atoms. The van der Waals surface area contributed by atoms with E-state index in [1.165, 1.54) is 7.11 Å². The number of methoxy groups -OCH3 is 1. The van der Waals surface area contributed by atoms with Crippen LogP contribution in [0.4, 0.5) is 5.69 Å². The van der Waals surface area contributed by atoms with Gasteiger partial charge in [0.25, 0.3) is 5.91 Å². The standard InChI is InChI=1S/C19H27N3O4/c1-12(2)16(20)17(23)21-14-8-6-7-13(11-14)18(24)22-10-5-4-9-15(22)19(25)26-3/h6-8,11-12,15-16H,4-5,9-10,20H2,1-3H3,(H,21,23)/t15?,16-/m0/s1. The van der Waals surface area contributed by atoms with Crippen LogP contribution in [0.2, 0.25) is 0 Å². The summed E-state index contributed by atoms with van der Waals surface area (Å²) in [4.78, 5) is 38.5. The zero-order valence-corrected chi connectivity index (χ0v) is 15.5. The number of amides is 2. The highest BCUT2D eigenvalue weighted by Gasteiger charge is 2.33. The Bertz CT molecular complexity index is 675. The second-order valence-electron chi connectivity index (χ2n) is 6.87. The molecule has 2 amide bonds. The number of benzene rings is 1. The normalized spacial score (nSPS) is 18.3. The number of esters is 1. The minimum absolute atomic E-state index is 0.00831. The molecule has 0 saturated carbocycles. The largest absolute Gasteiger partial charge is 0.467 e. The second-order valence-corrected chi connectivity index (χ2v) is 6.87. The first-order valence-corrected chi connectivity index (χ1v) is 8.90. The quantitative estimate of drug-likeness (QED) is 0.779. The van der Waals surface area contributed by atoms with Gasteiger partial charge >= 0.3 is 5.97 Å². The SMILES string of the molecule is COC(=O)C1CCCCN1C(=O)c1cccc(NC(=O)[C@@H](N)C(C)C)c1. The van der Waals surface area contributed by atoms with Crippen LogP contribution in [0.15, 0.2) is 24.3 Å². The van der Waals surface area contributed by atoms with E-state index < -0.39 is 18.1 Å². The summed E-state index contributed by atoms with van der Waals surface area (Å²) in [5.41, 5.74) is 6.77. The van der Waals surface area contributed by atoms with Gasteiger partial charge in [-0.05, 0) is 43.4 Å². The van der Waals surface area contributed by atoms with Gasteiger partial charge in [0.15, 0.2) is 0 Å². The van der Waals surface area contributed by atoms with Crippen LogP contribution in [0.25, 0.3) is 0 Å². The Hall–Kier alpha value is -2.41. The Labute approximate surface area is 153 Å². The first-order chi connectivity index (χ1) is 12.3. The topological polar surface area (TPSA) is 102 Å². The average Bonchev–Trinajstić information content (AvgIpc) is 2.66. The van der Waals surface area contributed by atoms with E-state index in [0.29, 0.717) is 24.2 Å². The van der Waals surface area contributed by atoms with Crippen molar-refractivity contribution in [2.45, 2.75) is 45.2 Å². The van der Waals surface area contributed by atoms with Gasteiger partial charge < -0.3 is 20.7 Å². The van der Waals surface area contributed by atoms with Crippen LogP contribution in [0.5, 0.6) is 0 Å². The third kappa shape index (κ3) is 4.60. The number of nitrogens with one attached hydrogen (secondary N) is 1. The number of ether oxygens (including phenoxy) is 1. The molecule has 1 aliphatic heterocycles. The smallest absolute Gasteiger partial charge is 0.328 e. The Balaban J connectivity index is 2.16. The van der Waals surface area contributed by atoms with Gasteiger partial charge in [0, 0.05) is 17.8 Å². The molecule has 1 aliphatic rings. The number of likely N-dealkylation sites (tertiary alicyclic amines) is 1. The molecule has 3 N–H and O–H groups in total. The molecule has 26 heavy (non-hydrogen) atoms. The number of hydrogen-bond donors (Lipinski definition) is 2. The lowest BCUT2D eigenvalue weighted by Crippen LogP contribution is -2.48. The summed E-state index contributed by atoms with van der Waals surface area (Å²) in [6, 6.07) is 5.49. The van der Waals surface area contributed by atoms with Crippen LogP contribution in [0.3, 0.4) is 0 Å². The summed E-state index contributed by atoms with van der Waals surface area (Å²) < 4.78 is 4.83. The predicted octanol–water partition coefficient (Wildman–Crippen LogP) is 1.78. The monoisotopic (exact) mass is 361 g/mol.